The Kier molecular flexibility index (Phi) is 7.36. The average Bonchev–Trinajstić information content (AvgIpc) is 3.13. The summed E-state index contributed by atoms with van der Waals surface area (Å²) >= 11 is 0. The monoisotopic (exact) mass is 499 g/mol. The Hall–Kier alpha value is -3.05. The smallest absolute Gasteiger partial charge is 0.295 e. The fourth-order valence-electron chi connectivity index (χ4n) is 4.34. The van der Waals surface area contributed by atoms with Crippen molar-refractivity contribution in [1.82, 2.24) is 14.1 Å². The molecule has 10 heteroatoms. The molecule has 2 aromatic carbocycles. The van der Waals surface area contributed by atoms with Crippen molar-refractivity contribution in [2.75, 3.05) is 53.5 Å². The number of Topliss-reactive ketones (excluding diaryl/α,β-unsaturated/α-hetero) is 1. The van der Waals surface area contributed by atoms with Crippen LogP contribution in [-0.4, -0.2) is 92.8 Å². The van der Waals surface area contributed by atoms with Crippen molar-refractivity contribution >= 4 is 27.5 Å². The van der Waals surface area contributed by atoms with Crippen LogP contribution in [0, 0.1) is 0 Å². The molecule has 4 rings (SSSR count). The van der Waals surface area contributed by atoms with Crippen LogP contribution >= 0.6 is 0 Å². The number of nitrogens with zero attached hydrogens (tertiary/aromatic N) is 3. The van der Waals surface area contributed by atoms with E-state index >= 15 is 0 Å². The zero-order chi connectivity index (χ0) is 25.2. The third-order valence-electron chi connectivity index (χ3n) is 6.30. The number of hydrogen-bond acceptors (Lipinski definition) is 7. The molecule has 2 heterocycles. The fraction of sp³-hybridized carbons (Fsp3) is 0.360. The van der Waals surface area contributed by atoms with Crippen molar-refractivity contribution in [2.45, 2.75) is 10.9 Å². The van der Waals surface area contributed by atoms with Crippen LogP contribution in [0.2, 0.25) is 0 Å². The van der Waals surface area contributed by atoms with Gasteiger partial charge in [0.25, 0.3) is 11.7 Å². The summed E-state index contributed by atoms with van der Waals surface area (Å²) in [7, 11) is -0.929. The van der Waals surface area contributed by atoms with Gasteiger partial charge in [0.05, 0.1) is 29.7 Å². The molecule has 0 aromatic heterocycles. The lowest BCUT2D eigenvalue weighted by Gasteiger charge is -2.31. The Balaban J connectivity index is 1.76. The summed E-state index contributed by atoms with van der Waals surface area (Å²) in [5.74, 6) is -1.88. The Labute approximate surface area is 205 Å². The van der Waals surface area contributed by atoms with E-state index in [0.717, 1.165) is 17.4 Å². The van der Waals surface area contributed by atoms with Crippen molar-refractivity contribution in [3.63, 3.8) is 0 Å². The summed E-state index contributed by atoms with van der Waals surface area (Å²) in [5.41, 5.74) is 0.787. The third-order valence-corrected chi connectivity index (χ3v) is 8.11. The number of benzene rings is 2. The lowest BCUT2D eigenvalue weighted by atomic mass is 9.95. The standard InChI is InChI=1S/C25H29N3O6S/c1-26(2)35(32,33)20-10-6-9-19(17-20)23(29)21-22(18-7-4-3-5-8-18)28(25(31)24(21)30)12-11-27-13-15-34-16-14-27/h3-10,17,22,29H,11-16H2,1-2H3. The van der Waals surface area contributed by atoms with Gasteiger partial charge in [0.15, 0.2) is 0 Å². The molecule has 2 aromatic rings. The van der Waals surface area contributed by atoms with Crippen LogP contribution in [0.4, 0.5) is 0 Å². The van der Waals surface area contributed by atoms with Gasteiger partial charge in [-0.25, -0.2) is 12.7 Å². The van der Waals surface area contributed by atoms with Gasteiger partial charge < -0.3 is 14.7 Å². The van der Waals surface area contributed by atoms with E-state index in [0.29, 0.717) is 31.9 Å². The summed E-state index contributed by atoms with van der Waals surface area (Å²) in [5, 5.41) is 11.2. The first-order valence-corrected chi connectivity index (χ1v) is 12.8. The van der Waals surface area contributed by atoms with Crippen molar-refractivity contribution in [3.05, 3.63) is 71.3 Å². The van der Waals surface area contributed by atoms with Crippen LogP contribution in [0.5, 0.6) is 0 Å². The molecule has 1 atom stereocenters. The number of ether oxygens (including phenoxy) is 1. The van der Waals surface area contributed by atoms with Crippen molar-refractivity contribution in [1.29, 1.82) is 0 Å². The average molecular weight is 500 g/mol. The van der Waals surface area contributed by atoms with E-state index in [4.69, 9.17) is 4.74 Å². The molecule has 2 fully saturated rings. The molecule has 0 spiro atoms. The lowest BCUT2D eigenvalue weighted by Crippen LogP contribution is -2.42. The Bertz CT molecular complexity index is 1240. The van der Waals surface area contributed by atoms with E-state index in [1.165, 1.54) is 43.3 Å². The highest BCUT2D eigenvalue weighted by molar-refractivity contribution is 7.89. The molecule has 0 saturated carbocycles. The zero-order valence-corrected chi connectivity index (χ0v) is 20.6. The summed E-state index contributed by atoms with van der Waals surface area (Å²) in [6.45, 7) is 3.59. The number of rotatable bonds is 7. The lowest BCUT2D eigenvalue weighted by molar-refractivity contribution is -0.140. The highest BCUT2D eigenvalue weighted by atomic mass is 32.2. The van der Waals surface area contributed by atoms with Crippen LogP contribution in [0.25, 0.3) is 5.76 Å². The van der Waals surface area contributed by atoms with Crippen molar-refractivity contribution in [3.8, 4) is 0 Å². The van der Waals surface area contributed by atoms with E-state index in [-0.39, 0.29) is 16.0 Å². The van der Waals surface area contributed by atoms with Crippen LogP contribution in [-0.2, 0) is 24.3 Å². The highest BCUT2D eigenvalue weighted by Gasteiger charge is 2.46. The first kappa shape index (κ1) is 25.1. The topological polar surface area (TPSA) is 107 Å². The number of morpholine rings is 1. The SMILES string of the molecule is CN(C)S(=O)(=O)c1cccc(C(O)=C2C(=O)C(=O)N(CCN3CCOCC3)C2c2ccccc2)c1. The second kappa shape index (κ2) is 10.3. The van der Waals surface area contributed by atoms with Gasteiger partial charge in [-0.05, 0) is 17.7 Å². The minimum Gasteiger partial charge on any atom is -0.507 e. The Morgan fingerprint density at radius 1 is 1.03 bits per heavy atom. The van der Waals surface area contributed by atoms with Gasteiger partial charge in [-0.15, -0.1) is 0 Å². The zero-order valence-electron chi connectivity index (χ0n) is 19.8. The van der Waals surface area contributed by atoms with Gasteiger partial charge in [-0.3, -0.25) is 14.5 Å². The molecule has 1 amide bonds. The molecular formula is C25H29N3O6S. The number of aliphatic hydroxyl groups is 1. The maximum absolute atomic E-state index is 13.2. The summed E-state index contributed by atoms with van der Waals surface area (Å²) < 4.78 is 31.7. The molecule has 2 aliphatic heterocycles. The van der Waals surface area contributed by atoms with E-state index < -0.39 is 33.5 Å². The summed E-state index contributed by atoms with van der Waals surface area (Å²) in [6, 6.07) is 14.0. The number of amides is 1. The summed E-state index contributed by atoms with van der Waals surface area (Å²) in [4.78, 5) is 29.9. The van der Waals surface area contributed by atoms with Crippen molar-refractivity contribution in [2.24, 2.45) is 0 Å². The van der Waals surface area contributed by atoms with Crippen LogP contribution in [0.3, 0.4) is 0 Å². The predicted octanol–water partition coefficient (Wildman–Crippen LogP) is 1.69. The van der Waals surface area contributed by atoms with Gasteiger partial charge in [-0.1, -0.05) is 42.5 Å². The number of hydrogen-bond donors (Lipinski definition) is 1. The number of ketones is 1. The molecule has 2 saturated heterocycles. The molecule has 35 heavy (non-hydrogen) atoms. The summed E-state index contributed by atoms with van der Waals surface area (Å²) in [6.07, 6.45) is 0. The largest absolute Gasteiger partial charge is 0.507 e. The number of aliphatic hydroxyl groups excluding tert-OH is 1. The van der Waals surface area contributed by atoms with Crippen LogP contribution in [0.15, 0.2) is 65.1 Å². The Morgan fingerprint density at radius 3 is 2.37 bits per heavy atom. The van der Waals surface area contributed by atoms with E-state index in [1.807, 2.05) is 18.2 Å². The first-order chi connectivity index (χ1) is 16.7. The number of carbonyl (C=O) groups is 2. The van der Waals surface area contributed by atoms with Crippen LogP contribution < -0.4 is 0 Å². The molecule has 2 aliphatic rings. The van der Waals surface area contributed by atoms with E-state index in [2.05, 4.69) is 4.90 Å². The second-order valence-corrected chi connectivity index (χ2v) is 10.8. The minimum atomic E-state index is -3.76. The predicted molar refractivity (Wildman–Crippen MR) is 130 cm³/mol. The number of sulfonamides is 1. The molecule has 0 aliphatic carbocycles. The molecule has 9 nitrogen and oxygen atoms in total. The van der Waals surface area contributed by atoms with E-state index in [1.54, 1.807) is 12.1 Å². The molecule has 1 N–H and O–H groups in total. The molecule has 1 unspecified atom stereocenters. The molecule has 0 bridgehead atoms. The third kappa shape index (κ3) is 5.01. The van der Waals surface area contributed by atoms with Gasteiger partial charge in [0.1, 0.15) is 5.76 Å². The maximum Gasteiger partial charge on any atom is 0.295 e. The molecule has 0 radical (unpaired) electrons. The minimum absolute atomic E-state index is 0.0237. The van der Waals surface area contributed by atoms with E-state index in [9.17, 15) is 23.1 Å². The Morgan fingerprint density at radius 2 is 1.71 bits per heavy atom. The molecule has 186 valence electrons. The molecular weight excluding hydrogens is 470 g/mol. The van der Waals surface area contributed by atoms with Gasteiger partial charge >= 0.3 is 0 Å². The highest BCUT2D eigenvalue weighted by Crippen LogP contribution is 2.39. The number of likely N-dealkylation sites (tertiary alicyclic amines) is 1. The normalized spacial score (nSPS) is 21.1. The van der Waals surface area contributed by atoms with Crippen molar-refractivity contribution < 1.29 is 27.9 Å². The van der Waals surface area contributed by atoms with Gasteiger partial charge in [-0.2, -0.15) is 0 Å². The van der Waals surface area contributed by atoms with Crippen LogP contribution in [0.1, 0.15) is 17.2 Å². The first-order valence-electron chi connectivity index (χ1n) is 11.4. The fourth-order valence-corrected chi connectivity index (χ4v) is 5.28. The second-order valence-electron chi connectivity index (χ2n) is 8.67. The quantitative estimate of drug-likeness (QED) is 0.351. The van der Waals surface area contributed by atoms with Gasteiger partial charge in [0.2, 0.25) is 10.0 Å². The maximum atomic E-state index is 13.2. The number of carbonyl (C=O) groups excluding carboxylic acids is 2. The van der Waals surface area contributed by atoms with Gasteiger partial charge in [0, 0.05) is 45.8 Å².